The lowest BCUT2D eigenvalue weighted by molar-refractivity contribution is -0.255. The smallest absolute Gasteiger partial charge is 0.333 e. The van der Waals surface area contributed by atoms with Gasteiger partial charge in [-0.05, 0) is 38.0 Å². The topological polar surface area (TPSA) is 46.5 Å². The van der Waals surface area contributed by atoms with E-state index in [4.69, 9.17) is 4.74 Å². The molecule has 3 fully saturated rings. The number of hydrogen-bond acceptors (Lipinski definition) is 3. The number of ether oxygens (including phenoxy) is 1. The second-order valence-corrected chi connectivity index (χ2v) is 6.41. The number of carbonyl (C=O) groups is 1. The van der Waals surface area contributed by atoms with Crippen LogP contribution in [0.15, 0.2) is 12.2 Å². The Kier molecular flexibility index (Phi) is 2.66. The summed E-state index contributed by atoms with van der Waals surface area (Å²) in [5, 5.41) is 10.2. The molecule has 0 aromatic rings. The van der Waals surface area contributed by atoms with Crippen LogP contribution in [0.3, 0.4) is 0 Å². The number of aliphatic hydroxyl groups excluding tert-OH is 1. The Morgan fingerprint density at radius 2 is 1.94 bits per heavy atom. The lowest BCUT2D eigenvalue weighted by atomic mass is 9.43. The number of rotatable bonds is 2. The first-order valence-electron chi connectivity index (χ1n) is 6.26. The van der Waals surface area contributed by atoms with Crippen molar-refractivity contribution in [2.75, 3.05) is 0 Å². The largest absolute Gasteiger partial charge is 0.453 e. The second-order valence-electron chi connectivity index (χ2n) is 6.41. The summed E-state index contributed by atoms with van der Waals surface area (Å²) >= 11 is 0. The zero-order valence-electron chi connectivity index (χ0n) is 11.1. The van der Waals surface area contributed by atoms with Crippen molar-refractivity contribution in [2.24, 2.45) is 17.3 Å². The molecule has 3 aliphatic carbocycles. The molecule has 3 saturated carbocycles. The standard InChI is InChI=1S/C14H22O3/c1-8(2)12(16)17-14(5)10-6-9(7-11(14)15)13(10,3)4/h9-11,15H,1,6-7H2,2-5H3. The third kappa shape index (κ3) is 1.63. The van der Waals surface area contributed by atoms with Crippen LogP contribution in [0.5, 0.6) is 0 Å². The first-order chi connectivity index (χ1) is 7.69. The minimum atomic E-state index is -0.756. The quantitative estimate of drug-likeness (QED) is 0.593. The minimum absolute atomic E-state index is 0.156. The molecular formula is C14H22O3. The van der Waals surface area contributed by atoms with E-state index in [1.165, 1.54) is 0 Å². The number of hydrogen-bond donors (Lipinski definition) is 1. The highest BCUT2D eigenvalue weighted by molar-refractivity contribution is 5.87. The predicted molar refractivity (Wildman–Crippen MR) is 65.3 cm³/mol. The van der Waals surface area contributed by atoms with Gasteiger partial charge in [-0.2, -0.15) is 0 Å². The van der Waals surface area contributed by atoms with Crippen LogP contribution in [0.25, 0.3) is 0 Å². The highest BCUT2D eigenvalue weighted by Gasteiger charge is 2.65. The van der Waals surface area contributed by atoms with Crippen molar-refractivity contribution >= 4 is 5.97 Å². The van der Waals surface area contributed by atoms with Crippen molar-refractivity contribution < 1.29 is 14.6 Å². The SMILES string of the molecule is C=C(C)C(=O)OC1(C)C(O)CC2CC1C2(C)C. The van der Waals surface area contributed by atoms with Crippen molar-refractivity contribution in [3.05, 3.63) is 12.2 Å². The minimum Gasteiger partial charge on any atom is -0.453 e. The molecule has 96 valence electrons. The summed E-state index contributed by atoms with van der Waals surface area (Å²) in [6, 6.07) is 0. The molecule has 0 radical (unpaired) electrons. The van der Waals surface area contributed by atoms with Crippen LogP contribution < -0.4 is 0 Å². The molecule has 3 rings (SSSR count). The van der Waals surface area contributed by atoms with E-state index in [9.17, 15) is 9.90 Å². The predicted octanol–water partition coefficient (Wildman–Crippen LogP) is 2.29. The van der Waals surface area contributed by atoms with Gasteiger partial charge in [0.25, 0.3) is 0 Å². The molecule has 0 amide bonds. The maximum absolute atomic E-state index is 11.7. The summed E-state index contributed by atoms with van der Waals surface area (Å²) in [4.78, 5) is 11.7. The second kappa shape index (κ2) is 3.58. The van der Waals surface area contributed by atoms with Gasteiger partial charge in [0.2, 0.25) is 0 Å². The molecule has 1 N–H and O–H groups in total. The van der Waals surface area contributed by atoms with Crippen LogP contribution in [0.4, 0.5) is 0 Å². The van der Waals surface area contributed by atoms with Crippen LogP contribution in [0, 0.1) is 17.3 Å². The van der Waals surface area contributed by atoms with E-state index >= 15 is 0 Å². The van der Waals surface area contributed by atoms with Gasteiger partial charge in [-0.15, -0.1) is 0 Å². The summed E-state index contributed by atoms with van der Waals surface area (Å²) in [5.74, 6) is 0.402. The van der Waals surface area contributed by atoms with Crippen LogP contribution in [0.2, 0.25) is 0 Å². The Balaban J connectivity index is 2.22. The van der Waals surface area contributed by atoms with Crippen molar-refractivity contribution in [1.29, 1.82) is 0 Å². The van der Waals surface area contributed by atoms with E-state index < -0.39 is 17.7 Å². The molecule has 3 heteroatoms. The summed E-state index contributed by atoms with van der Waals surface area (Å²) < 4.78 is 5.55. The Morgan fingerprint density at radius 3 is 2.41 bits per heavy atom. The van der Waals surface area contributed by atoms with E-state index in [-0.39, 0.29) is 11.3 Å². The molecule has 0 saturated heterocycles. The van der Waals surface area contributed by atoms with Gasteiger partial charge in [-0.25, -0.2) is 4.79 Å². The van der Waals surface area contributed by atoms with Crippen molar-refractivity contribution in [3.8, 4) is 0 Å². The monoisotopic (exact) mass is 238 g/mol. The first kappa shape index (κ1) is 12.6. The highest BCUT2D eigenvalue weighted by atomic mass is 16.6. The Hall–Kier alpha value is -0.830. The molecular weight excluding hydrogens is 216 g/mol. The maximum atomic E-state index is 11.7. The van der Waals surface area contributed by atoms with E-state index in [0.717, 1.165) is 12.8 Å². The van der Waals surface area contributed by atoms with E-state index in [2.05, 4.69) is 20.4 Å². The average molecular weight is 238 g/mol. The number of carbonyl (C=O) groups excluding carboxylic acids is 1. The van der Waals surface area contributed by atoms with Crippen LogP contribution >= 0.6 is 0 Å². The van der Waals surface area contributed by atoms with Crippen LogP contribution in [-0.2, 0) is 9.53 Å². The van der Waals surface area contributed by atoms with Gasteiger partial charge in [-0.1, -0.05) is 20.4 Å². The van der Waals surface area contributed by atoms with Crippen molar-refractivity contribution in [1.82, 2.24) is 0 Å². The van der Waals surface area contributed by atoms with Gasteiger partial charge in [0.05, 0.1) is 6.10 Å². The van der Waals surface area contributed by atoms with Crippen molar-refractivity contribution in [2.45, 2.75) is 52.2 Å². The first-order valence-corrected chi connectivity index (χ1v) is 6.26. The van der Waals surface area contributed by atoms with Gasteiger partial charge in [0.15, 0.2) is 0 Å². The van der Waals surface area contributed by atoms with Gasteiger partial charge in [-0.3, -0.25) is 0 Å². The Labute approximate surface area is 103 Å². The average Bonchev–Trinajstić information content (AvgIpc) is 2.21. The van der Waals surface area contributed by atoms with Gasteiger partial charge >= 0.3 is 5.97 Å². The van der Waals surface area contributed by atoms with E-state index in [1.807, 2.05) is 6.92 Å². The Bertz CT molecular complexity index is 372. The highest BCUT2D eigenvalue weighted by Crippen LogP contribution is 2.63. The van der Waals surface area contributed by atoms with Gasteiger partial charge in [0.1, 0.15) is 5.60 Å². The molecule has 2 bridgehead atoms. The molecule has 0 heterocycles. The summed E-state index contributed by atoms with van der Waals surface area (Å²) in [7, 11) is 0. The zero-order chi connectivity index (χ0) is 13.0. The summed E-state index contributed by atoms with van der Waals surface area (Å²) in [6.45, 7) is 11.5. The molecule has 17 heavy (non-hydrogen) atoms. The maximum Gasteiger partial charge on any atom is 0.333 e. The molecule has 0 spiro atoms. The zero-order valence-corrected chi connectivity index (χ0v) is 11.1. The number of esters is 1. The Morgan fingerprint density at radius 1 is 1.35 bits per heavy atom. The van der Waals surface area contributed by atoms with E-state index in [0.29, 0.717) is 11.5 Å². The van der Waals surface area contributed by atoms with Gasteiger partial charge in [0, 0.05) is 11.5 Å². The molecule has 4 unspecified atom stereocenters. The lowest BCUT2D eigenvalue weighted by Crippen LogP contribution is -2.67. The summed E-state index contributed by atoms with van der Waals surface area (Å²) in [6.07, 6.45) is 1.22. The third-order valence-electron chi connectivity index (χ3n) is 4.99. The molecule has 3 aliphatic rings. The molecule has 3 nitrogen and oxygen atoms in total. The fraction of sp³-hybridized carbons (Fsp3) is 0.786. The molecule has 0 aliphatic heterocycles. The number of aliphatic hydroxyl groups is 1. The molecule has 0 aromatic carbocycles. The molecule has 0 aromatic heterocycles. The van der Waals surface area contributed by atoms with Crippen LogP contribution in [-0.4, -0.2) is 22.8 Å². The third-order valence-corrected chi connectivity index (χ3v) is 4.99. The van der Waals surface area contributed by atoms with Crippen LogP contribution in [0.1, 0.15) is 40.5 Å². The lowest BCUT2D eigenvalue weighted by Gasteiger charge is -2.64. The number of fused-ring (bicyclic) bond motifs is 2. The fourth-order valence-electron chi connectivity index (χ4n) is 3.55. The van der Waals surface area contributed by atoms with Gasteiger partial charge < -0.3 is 9.84 Å². The van der Waals surface area contributed by atoms with Crippen molar-refractivity contribution in [3.63, 3.8) is 0 Å². The fourth-order valence-corrected chi connectivity index (χ4v) is 3.55. The molecule has 4 atom stereocenters. The van der Waals surface area contributed by atoms with E-state index in [1.54, 1.807) is 6.92 Å². The normalized spacial score (nSPS) is 42.5. The summed E-state index contributed by atoms with van der Waals surface area (Å²) in [5.41, 5.74) is -0.213.